The maximum Gasteiger partial charge on any atom is 0.308 e. The number of carbonyl (C=O) groups excluding carboxylic acids is 8. The van der Waals surface area contributed by atoms with E-state index in [-0.39, 0.29) is 51.4 Å². The van der Waals surface area contributed by atoms with Crippen molar-refractivity contribution in [1.29, 1.82) is 0 Å². The molecule has 0 radical (unpaired) electrons. The van der Waals surface area contributed by atoms with Crippen molar-refractivity contribution in [2.45, 2.75) is 271 Å². The zero-order valence-corrected chi connectivity index (χ0v) is 43.9. The number of esters is 8. The van der Waals surface area contributed by atoms with E-state index in [9.17, 15) is 38.4 Å². The Labute approximate surface area is 421 Å². The molecule has 408 valence electrons. The molecule has 2 unspecified atom stereocenters. The van der Waals surface area contributed by atoms with Crippen LogP contribution in [0, 0.1) is 0 Å². The van der Waals surface area contributed by atoms with Crippen LogP contribution in [-0.4, -0.2) is 122 Å². The third-order valence-electron chi connectivity index (χ3n) is 11.8. The fraction of sp³-hybridized carbons (Fsp3) is 0.846. The van der Waals surface area contributed by atoms with Gasteiger partial charge in [-0.05, 0) is 51.4 Å². The van der Waals surface area contributed by atoms with E-state index < -0.39 is 122 Å². The summed E-state index contributed by atoms with van der Waals surface area (Å²) in [4.78, 5) is 108. The summed E-state index contributed by atoms with van der Waals surface area (Å²) in [6.07, 6.45) is -7.83. The number of hydrogen-bond donors (Lipinski definition) is 0. The first-order valence-corrected chi connectivity index (χ1v) is 26.6. The van der Waals surface area contributed by atoms with E-state index >= 15 is 0 Å². The van der Waals surface area contributed by atoms with Crippen molar-refractivity contribution >= 4 is 47.8 Å². The maximum atomic E-state index is 13.8. The Balaban J connectivity index is 3.03. The minimum Gasteiger partial charge on any atom is -0.463 e. The highest BCUT2D eigenvalue weighted by atomic mass is 16.8. The lowest BCUT2D eigenvalue weighted by Gasteiger charge is -2.48. The molecule has 0 aromatic heterocycles. The molecule has 2 fully saturated rings. The first-order valence-electron chi connectivity index (χ1n) is 26.6. The van der Waals surface area contributed by atoms with Crippen LogP contribution < -0.4 is 0 Å². The molecule has 19 nitrogen and oxygen atoms in total. The highest BCUT2D eigenvalue weighted by Gasteiger charge is 2.58. The number of hydrogen-bond acceptors (Lipinski definition) is 19. The largest absolute Gasteiger partial charge is 0.463 e. The first-order chi connectivity index (χ1) is 34.2. The van der Waals surface area contributed by atoms with Gasteiger partial charge >= 0.3 is 47.8 Å². The van der Waals surface area contributed by atoms with Crippen LogP contribution in [0.2, 0.25) is 0 Å². The van der Waals surface area contributed by atoms with Gasteiger partial charge in [0.05, 0.1) is 0 Å². The monoisotopic (exact) mass is 1010 g/mol. The van der Waals surface area contributed by atoms with Crippen molar-refractivity contribution in [2.75, 3.05) is 13.2 Å². The minimum absolute atomic E-state index is 0.0287. The Morgan fingerprint density at radius 2 is 0.549 bits per heavy atom. The van der Waals surface area contributed by atoms with Crippen molar-refractivity contribution in [3.63, 3.8) is 0 Å². The molecule has 0 saturated carbocycles. The molecule has 2 heterocycles. The summed E-state index contributed by atoms with van der Waals surface area (Å²) < 4.78 is 67.6. The van der Waals surface area contributed by atoms with E-state index in [0.29, 0.717) is 103 Å². The Morgan fingerprint density at radius 3 is 0.901 bits per heavy atom. The fourth-order valence-corrected chi connectivity index (χ4v) is 7.52. The van der Waals surface area contributed by atoms with Crippen LogP contribution >= 0.6 is 0 Å². The predicted octanol–water partition coefficient (Wildman–Crippen LogP) is 8.53. The van der Waals surface area contributed by atoms with Crippen molar-refractivity contribution in [2.24, 2.45) is 0 Å². The molecule has 0 aromatic carbocycles. The molecule has 0 N–H and O–H groups in total. The number of rotatable bonds is 36. The Morgan fingerprint density at radius 1 is 0.296 bits per heavy atom. The Kier molecular flexibility index (Phi) is 32.3. The molecule has 0 aromatic rings. The Hall–Kier alpha value is -4.36. The smallest absolute Gasteiger partial charge is 0.308 e. The van der Waals surface area contributed by atoms with Gasteiger partial charge < -0.3 is 52.1 Å². The predicted molar refractivity (Wildman–Crippen MR) is 256 cm³/mol. The number of carbonyl (C=O) groups is 8. The molecule has 71 heavy (non-hydrogen) atoms. The van der Waals surface area contributed by atoms with Crippen LogP contribution in [0.15, 0.2) is 0 Å². The summed E-state index contributed by atoms with van der Waals surface area (Å²) in [5, 5.41) is 0. The van der Waals surface area contributed by atoms with Gasteiger partial charge in [0, 0.05) is 51.4 Å². The SMILES string of the molecule is CCCCC(=O)OC[C@H]1OC(O[C@H]2[C@H](OC(=O)CCCC)[C@@H](OC(=O)CCCC)C(OC(=O)CCCC)O[C@@H]2COC(=O)CCCC)[C@H](OC(=O)CCCC)[C@@H](OC(=O)CCCC)[C@H]1OC(=O)CCCC. The molecule has 2 aliphatic rings. The van der Waals surface area contributed by atoms with Crippen LogP contribution in [0.1, 0.15) is 209 Å². The molecule has 0 aliphatic carbocycles. The van der Waals surface area contributed by atoms with Gasteiger partial charge in [-0.2, -0.15) is 0 Å². The van der Waals surface area contributed by atoms with Gasteiger partial charge in [-0.3, -0.25) is 38.4 Å². The van der Waals surface area contributed by atoms with Gasteiger partial charge in [0.25, 0.3) is 0 Å². The molecule has 0 amide bonds. The number of ether oxygens (including phenoxy) is 11. The summed E-state index contributed by atoms with van der Waals surface area (Å²) in [6.45, 7) is 14.0. The molecule has 10 atom stereocenters. The third-order valence-corrected chi connectivity index (χ3v) is 11.8. The van der Waals surface area contributed by atoms with Crippen LogP contribution in [-0.2, 0) is 90.5 Å². The van der Waals surface area contributed by atoms with Gasteiger partial charge in [-0.25, -0.2) is 0 Å². The summed E-state index contributed by atoms with van der Waals surface area (Å²) in [7, 11) is 0. The lowest BCUT2D eigenvalue weighted by Crippen LogP contribution is -2.67. The van der Waals surface area contributed by atoms with E-state index in [0.717, 1.165) is 0 Å². The van der Waals surface area contributed by atoms with Gasteiger partial charge in [-0.1, -0.05) is 107 Å². The average Bonchev–Trinajstić information content (AvgIpc) is 3.35. The highest BCUT2D eigenvalue weighted by Crippen LogP contribution is 2.37. The summed E-state index contributed by atoms with van der Waals surface area (Å²) in [5.41, 5.74) is 0. The lowest BCUT2D eigenvalue weighted by molar-refractivity contribution is -0.358. The molecule has 0 bridgehead atoms. The van der Waals surface area contributed by atoms with Gasteiger partial charge in [0.2, 0.25) is 12.4 Å². The average molecular weight is 1020 g/mol. The fourth-order valence-electron chi connectivity index (χ4n) is 7.52. The van der Waals surface area contributed by atoms with Crippen molar-refractivity contribution in [3.05, 3.63) is 0 Å². The van der Waals surface area contributed by atoms with E-state index in [2.05, 4.69) is 0 Å². The minimum atomic E-state index is -1.83. The third kappa shape index (κ3) is 23.8. The van der Waals surface area contributed by atoms with E-state index in [1.165, 1.54) is 0 Å². The lowest BCUT2D eigenvalue weighted by atomic mass is 9.95. The first kappa shape index (κ1) is 62.8. The maximum absolute atomic E-state index is 13.8. The van der Waals surface area contributed by atoms with Crippen molar-refractivity contribution < 1.29 is 90.5 Å². The van der Waals surface area contributed by atoms with Crippen LogP contribution in [0.3, 0.4) is 0 Å². The second kappa shape index (κ2) is 36.5. The van der Waals surface area contributed by atoms with Gasteiger partial charge in [0.15, 0.2) is 30.7 Å². The molecule has 2 saturated heterocycles. The molecular weight excluding hydrogens is 929 g/mol. The second-order valence-corrected chi connectivity index (χ2v) is 18.1. The second-order valence-electron chi connectivity index (χ2n) is 18.1. The quantitative estimate of drug-likeness (QED) is 0.0422. The summed E-state index contributed by atoms with van der Waals surface area (Å²) in [6, 6.07) is 0. The van der Waals surface area contributed by atoms with Crippen LogP contribution in [0.4, 0.5) is 0 Å². The van der Waals surface area contributed by atoms with Crippen molar-refractivity contribution in [1.82, 2.24) is 0 Å². The summed E-state index contributed by atoms with van der Waals surface area (Å²) in [5.74, 6) is -5.57. The van der Waals surface area contributed by atoms with E-state index in [1.54, 1.807) is 0 Å². The van der Waals surface area contributed by atoms with Crippen LogP contribution in [0.25, 0.3) is 0 Å². The highest BCUT2D eigenvalue weighted by molar-refractivity contribution is 5.73. The zero-order chi connectivity index (χ0) is 52.6. The molecular formula is C52H86O19. The van der Waals surface area contributed by atoms with E-state index in [4.69, 9.17) is 52.1 Å². The topological polar surface area (TPSA) is 238 Å². The van der Waals surface area contributed by atoms with Crippen LogP contribution in [0.5, 0.6) is 0 Å². The van der Waals surface area contributed by atoms with Gasteiger partial charge in [-0.15, -0.1) is 0 Å². The Bertz CT molecular complexity index is 1600. The molecule has 2 rings (SSSR count). The normalized spacial score (nSPS) is 23.9. The standard InChI is InChI=1S/C52H86O19/c1-9-17-25-37(53)61-33-35-45(65-39(55)27-19-11-3)47(66-40(56)28-20-12-4)50(69-43(59)31-23-15-7)52(64-35)71-46-36(34-62-38(54)26-18-10-2)63-51(70-44(60)32-24-16-8)49(68-42(58)30-22-14-6)48(46)67-41(57)29-21-13-5/h35-36,45-52H,9-34H2,1-8H3/t35-,36-,45+,46-,47+,48+,49-,50-,51?,52?/m1/s1. The van der Waals surface area contributed by atoms with Crippen molar-refractivity contribution in [3.8, 4) is 0 Å². The summed E-state index contributed by atoms with van der Waals surface area (Å²) >= 11 is 0. The molecule has 0 spiro atoms. The van der Waals surface area contributed by atoms with E-state index in [1.807, 2.05) is 55.4 Å². The zero-order valence-electron chi connectivity index (χ0n) is 43.9. The van der Waals surface area contributed by atoms with Gasteiger partial charge in [0.1, 0.15) is 31.5 Å². The molecule has 2 aliphatic heterocycles. The number of unbranched alkanes of at least 4 members (excludes halogenated alkanes) is 8. The molecule has 19 heteroatoms.